The zero-order valence-corrected chi connectivity index (χ0v) is 10.2. The Morgan fingerprint density at radius 1 is 1.33 bits per heavy atom. The minimum atomic E-state index is -0.414. The number of benzene rings is 1. The number of Topliss-reactive ketones (excluding diaryl/α,β-unsaturated/α-hetero) is 1. The highest BCUT2D eigenvalue weighted by Gasteiger charge is 2.28. The lowest BCUT2D eigenvalue weighted by molar-refractivity contribution is -0.121. The minimum absolute atomic E-state index is 0.0438. The molecule has 18 heavy (non-hydrogen) atoms. The van der Waals surface area contributed by atoms with Crippen molar-refractivity contribution in [1.82, 2.24) is 0 Å². The molecule has 1 aliphatic rings. The van der Waals surface area contributed by atoms with Gasteiger partial charge in [0.15, 0.2) is 5.78 Å². The van der Waals surface area contributed by atoms with Gasteiger partial charge in [-0.05, 0) is 30.7 Å². The molecule has 2 rings (SSSR count). The van der Waals surface area contributed by atoms with E-state index in [4.69, 9.17) is 0 Å². The third kappa shape index (κ3) is 2.11. The highest BCUT2D eigenvalue weighted by Crippen LogP contribution is 2.23. The predicted molar refractivity (Wildman–Crippen MR) is 64.5 cm³/mol. The van der Waals surface area contributed by atoms with Crippen LogP contribution in [-0.2, 0) is 14.3 Å². The summed E-state index contributed by atoms with van der Waals surface area (Å²) in [5.41, 5.74) is 1.81. The standard InChI is InChI=1S/C13H13NO4/c1-8-5-9(3-4-11(8)13(17)18-2)14-7-10(15)6-12(14)16/h3-5H,6-7H2,1-2H3. The van der Waals surface area contributed by atoms with Crippen molar-refractivity contribution >= 4 is 23.3 Å². The molecule has 1 aromatic carbocycles. The molecular formula is C13H13NO4. The van der Waals surface area contributed by atoms with Gasteiger partial charge in [0.25, 0.3) is 0 Å². The average Bonchev–Trinajstić information content (AvgIpc) is 2.67. The summed E-state index contributed by atoms with van der Waals surface area (Å²) in [5, 5.41) is 0. The second-order valence-corrected chi connectivity index (χ2v) is 4.19. The predicted octanol–water partition coefficient (Wildman–Crippen LogP) is 1.09. The van der Waals surface area contributed by atoms with E-state index >= 15 is 0 Å². The Kier molecular flexibility index (Phi) is 3.14. The second kappa shape index (κ2) is 4.60. The van der Waals surface area contributed by atoms with Crippen LogP contribution in [0.2, 0.25) is 0 Å². The summed E-state index contributed by atoms with van der Waals surface area (Å²) < 4.78 is 4.65. The van der Waals surface area contributed by atoms with Gasteiger partial charge in [0.2, 0.25) is 5.91 Å². The number of aryl methyl sites for hydroxylation is 1. The van der Waals surface area contributed by atoms with Crippen LogP contribution in [0.3, 0.4) is 0 Å². The first-order valence-corrected chi connectivity index (χ1v) is 5.54. The molecule has 94 valence electrons. The number of anilines is 1. The van der Waals surface area contributed by atoms with Gasteiger partial charge in [-0.1, -0.05) is 0 Å². The molecule has 5 heteroatoms. The Morgan fingerprint density at radius 2 is 2.06 bits per heavy atom. The maximum Gasteiger partial charge on any atom is 0.338 e. The fraction of sp³-hybridized carbons (Fsp3) is 0.308. The molecule has 0 spiro atoms. The highest BCUT2D eigenvalue weighted by molar-refractivity contribution is 6.15. The minimum Gasteiger partial charge on any atom is -0.465 e. The molecule has 1 aromatic rings. The lowest BCUT2D eigenvalue weighted by Crippen LogP contribution is -2.24. The van der Waals surface area contributed by atoms with Crippen LogP contribution in [0.25, 0.3) is 0 Å². The van der Waals surface area contributed by atoms with Gasteiger partial charge in [0.05, 0.1) is 25.6 Å². The van der Waals surface area contributed by atoms with Gasteiger partial charge in [0, 0.05) is 5.69 Å². The maximum absolute atomic E-state index is 11.6. The summed E-state index contributed by atoms with van der Waals surface area (Å²) >= 11 is 0. The number of nitrogens with zero attached hydrogens (tertiary/aromatic N) is 1. The van der Waals surface area contributed by atoms with Gasteiger partial charge in [-0.3, -0.25) is 9.59 Å². The number of ether oxygens (including phenoxy) is 1. The normalized spacial score (nSPS) is 15.1. The largest absolute Gasteiger partial charge is 0.465 e. The van der Waals surface area contributed by atoms with E-state index in [1.54, 1.807) is 25.1 Å². The van der Waals surface area contributed by atoms with Crippen molar-refractivity contribution < 1.29 is 19.1 Å². The van der Waals surface area contributed by atoms with Crippen LogP contribution in [0, 0.1) is 6.92 Å². The molecule has 0 atom stereocenters. The van der Waals surface area contributed by atoms with E-state index in [1.807, 2.05) is 0 Å². The maximum atomic E-state index is 11.6. The van der Waals surface area contributed by atoms with E-state index in [0.29, 0.717) is 16.8 Å². The van der Waals surface area contributed by atoms with E-state index in [9.17, 15) is 14.4 Å². The van der Waals surface area contributed by atoms with Gasteiger partial charge in [0.1, 0.15) is 0 Å². The fourth-order valence-electron chi connectivity index (χ4n) is 1.97. The zero-order chi connectivity index (χ0) is 13.3. The van der Waals surface area contributed by atoms with Gasteiger partial charge in [-0.25, -0.2) is 4.79 Å². The van der Waals surface area contributed by atoms with Crippen molar-refractivity contribution in [1.29, 1.82) is 0 Å². The van der Waals surface area contributed by atoms with E-state index in [-0.39, 0.29) is 24.7 Å². The lowest BCUT2D eigenvalue weighted by Gasteiger charge is -2.16. The van der Waals surface area contributed by atoms with Crippen molar-refractivity contribution in [2.45, 2.75) is 13.3 Å². The van der Waals surface area contributed by atoms with Gasteiger partial charge in [-0.15, -0.1) is 0 Å². The smallest absolute Gasteiger partial charge is 0.338 e. The van der Waals surface area contributed by atoms with Crippen LogP contribution in [0.1, 0.15) is 22.3 Å². The van der Waals surface area contributed by atoms with Crippen molar-refractivity contribution in [3.05, 3.63) is 29.3 Å². The number of carbonyl (C=O) groups is 3. The molecule has 1 amide bonds. The van der Waals surface area contributed by atoms with Crippen molar-refractivity contribution in [2.24, 2.45) is 0 Å². The first-order chi connectivity index (χ1) is 8.52. The first kappa shape index (κ1) is 12.3. The number of hydrogen-bond donors (Lipinski definition) is 0. The molecule has 1 fully saturated rings. The molecule has 0 aliphatic carbocycles. The van der Waals surface area contributed by atoms with Crippen LogP contribution >= 0.6 is 0 Å². The van der Waals surface area contributed by atoms with Crippen LogP contribution < -0.4 is 4.90 Å². The third-order valence-electron chi connectivity index (χ3n) is 2.91. The SMILES string of the molecule is COC(=O)c1ccc(N2CC(=O)CC2=O)cc1C. The first-order valence-electron chi connectivity index (χ1n) is 5.54. The molecule has 0 radical (unpaired) electrons. The molecule has 0 unspecified atom stereocenters. The van der Waals surface area contributed by atoms with Gasteiger partial charge < -0.3 is 9.64 Å². The molecule has 5 nitrogen and oxygen atoms in total. The Balaban J connectivity index is 2.32. The Labute approximate surface area is 104 Å². The third-order valence-corrected chi connectivity index (χ3v) is 2.91. The van der Waals surface area contributed by atoms with Gasteiger partial charge >= 0.3 is 5.97 Å². The average molecular weight is 247 g/mol. The molecule has 0 N–H and O–H groups in total. The highest BCUT2D eigenvalue weighted by atomic mass is 16.5. The number of carbonyl (C=O) groups excluding carboxylic acids is 3. The molecule has 1 heterocycles. The quantitative estimate of drug-likeness (QED) is 0.579. The summed E-state index contributed by atoms with van der Waals surface area (Å²) in [6.45, 7) is 1.87. The molecular weight excluding hydrogens is 234 g/mol. The number of ketones is 1. The second-order valence-electron chi connectivity index (χ2n) is 4.19. The van der Waals surface area contributed by atoms with E-state index in [0.717, 1.165) is 0 Å². The van der Waals surface area contributed by atoms with Crippen molar-refractivity contribution in [2.75, 3.05) is 18.6 Å². The van der Waals surface area contributed by atoms with E-state index in [2.05, 4.69) is 4.74 Å². The van der Waals surface area contributed by atoms with Crippen LogP contribution in [-0.4, -0.2) is 31.3 Å². The van der Waals surface area contributed by atoms with Crippen molar-refractivity contribution in [3.63, 3.8) is 0 Å². The van der Waals surface area contributed by atoms with E-state index < -0.39 is 5.97 Å². The van der Waals surface area contributed by atoms with E-state index in [1.165, 1.54) is 12.0 Å². The number of amides is 1. The molecule has 0 aromatic heterocycles. The van der Waals surface area contributed by atoms with Crippen molar-refractivity contribution in [3.8, 4) is 0 Å². The molecule has 0 bridgehead atoms. The fourth-order valence-corrected chi connectivity index (χ4v) is 1.97. The Morgan fingerprint density at radius 3 is 2.56 bits per heavy atom. The molecule has 1 saturated heterocycles. The number of methoxy groups -OCH3 is 1. The summed E-state index contributed by atoms with van der Waals surface area (Å²) in [7, 11) is 1.32. The zero-order valence-electron chi connectivity index (χ0n) is 10.2. The summed E-state index contributed by atoms with van der Waals surface area (Å²) in [5.74, 6) is -0.706. The number of rotatable bonds is 2. The van der Waals surface area contributed by atoms with Crippen LogP contribution in [0.15, 0.2) is 18.2 Å². The number of hydrogen-bond acceptors (Lipinski definition) is 4. The van der Waals surface area contributed by atoms with Crippen LogP contribution in [0.5, 0.6) is 0 Å². The number of esters is 1. The monoisotopic (exact) mass is 247 g/mol. The molecule has 0 saturated carbocycles. The summed E-state index contributed by atoms with van der Waals surface area (Å²) in [4.78, 5) is 35.6. The van der Waals surface area contributed by atoms with Crippen LogP contribution in [0.4, 0.5) is 5.69 Å². The molecule has 1 aliphatic heterocycles. The Bertz CT molecular complexity index is 536. The Hall–Kier alpha value is -2.17. The van der Waals surface area contributed by atoms with Gasteiger partial charge in [-0.2, -0.15) is 0 Å². The lowest BCUT2D eigenvalue weighted by atomic mass is 10.1. The summed E-state index contributed by atoms with van der Waals surface area (Å²) in [6.07, 6.45) is -0.0438. The summed E-state index contributed by atoms with van der Waals surface area (Å²) in [6, 6.07) is 4.96. The topological polar surface area (TPSA) is 63.7 Å².